The monoisotopic (exact) mass is 529 g/mol. The minimum atomic E-state index is -0.460. The molecule has 4 nitrogen and oxygen atoms in total. The largest absolute Gasteiger partial charge is 0.373 e. The van der Waals surface area contributed by atoms with Crippen LogP contribution in [0.15, 0.2) is 59.2 Å². The first kappa shape index (κ1) is 24.3. The number of piperidine rings is 1. The van der Waals surface area contributed by atoms with Gasteiger partial charge in [-0.2, -0.15) is 0 Å². The second-order valence-corrected chi connectivity index (χ2v) is 10.8. The van der Waals surface area contributed by atoms with Crippen LogP contribution >= 0.6 is 27.5 Å². The Morgan fingerprint density at radius 3 is 2.52 bits per heavy atom. The molecule has 1 atom stereocenters. The fourth-order valence-corrected chi connectivity index (χ4v) is 5.34. The van der Waals surface area contributed by atoms with Crippen molar-refractivity contribution in [1.82, 2.24) is 10.2 Å². The number of amides is 1. The van der Waals surface area contributed by atoms with Crippen molar-refractivity contribution in [3.63, 3.8) is 0 Å². The molecule has 1 saturated carbocycles. The van der Waals surface area contributed by atoms with Crippen molar-refractivity contribution in [1.29, 1.82) is 0 Å². The molecule has 1 saturated heterocycles. The number of aryl methyl sites for hydroxylation is 1. The minimum absolute atomic E-state index is 0.0940. The molecule has 0 radical (unpaired) electrons. The summed E-state index contributed by atoms with van der Waals surface area (Å²) >= 11 is 9.75. The summed E-state index contributed by atoms with van der Waals surface area (Å²) in [4.78, 5) is 16.0. The third kappa shape index (κ3) is 5.47. The molecule has 2 aromatic rings. The lowest BCUT2D eigenvalue weighted by Crippen LogP contribution is -2.49. The van der Waals surface area contributed by atoms with Gasteiger partial charge in [0.1, 0.15) is 0 Å². The molecule has 1 aliphatic heterocycles. The van der Waals surface area contributed by atoms with Gasteiger partial charge in [-0.3, -0.25) is 4.79 Å². The lowest BCUT2D eigenvalue weighted by molar-refractivity contribution is -0.124. The van der Waals surface area contributed by atoms with Gasteiger partial charge < -0.3 is 16.0 Å². The highest BCUT2D eigenvalue weighted by Gasteiger charge is 2.52. The molecule has 6 heteroatoms. The fourth-order valence-electron chi connectivity index (χ4n) is 4.88. The van der Waals surface area contributed by atoms with Crippen molar-refractivity contribution >= 4 is 33.4 Å². The number of benzene rings is 2. The van der Waals surface area contributed by atoms with Crippen LogP contribution in [0.2, 0.25) is 5.02 Å². The van der Waals surface area contributed by atoms with E-state index in [-0.39, 0.29) is 18.0 Å². The van der Waals surface area contributed by atoms with Crippen LogP contribution in [0.1, 0.15) is 49.3 Å². The highest BCUT2D eigenvalue weighted by Crippen LogP contribution is 2.50. The van der Waals surface area contributed by atoms with Gasteiger partial charge in [0, 0.05) is 34.3 Å². The SMILES string of the molecule is C=C([C@H](Cc1ccc(Br)cc1)NC(=O)C1(c2ccc(Cl)cc2CC)CC1)N1CCC(N)CC1. The van der Waals surface area contributed by atoms with Crippen molar-refractivity contribution in [2.75, 3.05) is 13.1 Å². The molecule has 2 aromatic carbocycles. The van der Waals surface area contributed by atoms with Crippen molar-refractivity contribution in [2.24, 2.45) is 5.73 Å². The molecular formula is C27H33BrClN3O. The molecule has 176 valence electrons. The van der Waals surface area contributed by atoms with Crippen LogP contribution in [-0.2, 0) is 23.1 Å². The number of halogens is 2. The van der Waals surface area contributed by atoms with Crippen LogP contribution in [0.3, 0.4) is 0 Å². The van der Waals surface area contributed by atoms with Crippen molar-refractivity contribution in [2.45, 2.75) is 62.9 Å². The van der Waals surface area contributed by atoms with Crippen LogP contribution < -0.4 is 11.1 Å². The number of nitrogens with zero attached hydrogens (tertiary/aromatic N) is 1. The van der Waals surface area contributed by atoms with Gasteiger partial charge in [0.15, 0.2) is 0 Å². The first-order valence-corrected chi connectivity index (χ1v) is 13.0. The number of likely N-dealkylation sites (tertiary alicyclic amines) is 1. The zero-order chi connectivity index (χ0) is 23.6. The maximum absolute atomic E-state index is 13.7. The molecule has 0 unspecified atom stereocenters. The van der Waals surface area contributed by atoms with Gasteiger partial charge in [-0.15, -0.1) is 0 Å². The third-order valence-corrected chi connectivity index (χ3v) is 7.92. The van der Waals surface area contributed by atoms with E-state index in [0.717, 1.165) is 71.5 Å². The van der Waals surface area contributed by atoms with Gasteiger partial charge in [0.05, 0.1) is 11.5 Å². The zero-order valence-corrected chi connectivity index (χ0v) is 21.6. The standard InChI is InChI=1S/C27H33BrClN3O/c1-3-20-17-22(29)8-9-24(20)27(12-13-27)26(33)31-25(16-19-4-6-21(28)7-5-19)18(2)32-14-10-23(30)11-15-32/h4-9,17,23,25H,2-3,10-16,30H2,1H3,(H,31,33)/t25-/m0/s1. The van der Waals surface area contributed by atoms with Crippen molar-refractivity contribution in [3.8, 4) is 0 Å². The summed E-state index contributed by atoms with van der Waals surface area (Å²) in [7, 11) is 0. The van der Waals surface area contributed by atoms with E-state index in [4.69, 9.17) is 17.3 Å². The normalized spacial score (nSPS) is 18.6. The number of nitrogens with two attached hydrogens (primary N) is 1. The Morgan fingerprint density at radius 1 is 1.24 bits per heavy atom. The Kier molecular flexibility index (Phi) is 7.52. The topological polar surface area (TPSA) is 58.4 Å². The summed E-state index contributed by atoms with van der Waals surface area (Å²) in [5.74, 6) is 0.0940. The molecule has 0 aromatic heterocycles. The molecule has 3 N–H and O–H groups in total. The highest BCUT2D eigenvalue weighted by atomic mass is 79.9. The Morgan fingerprint density at radius 2 is 1.91 bits per heavy atom. The maximum atomic E-state index is 13.7. The molecule has 2 aliphatic rings. The number of carbonyl (C=O) groups excluding carboxylic acids is 1. The Labute approximate surface area is 210 Å². The fraction of sp³-hybridized carbons (Fsp3) is 0.444. The van der Waals surface area contributed by atoms with Gasteiger partial charge in [-0.25, -0.2) is 0 Å². The Hall–Kier alpha value is -1.82. The molecule has 2 fully saturated rings. The van der Waals surface area contributed by atoms with Crippen molar-refractivity contribution < 1.29 is 4.79 Å². The van der Waals surface area contributed by atoms with Crippen molar-refractivity contribution in [3.05, 3.63) is 80.9 Å². The molecular weight excluding hydrogens is 498 g/mol. The van der Waals surface area contributed by atoms with Gasteiger partial charge in [0.25, 0.3) is 0 Å². The molecule has 0 bridgehead atoms. The molecule has 0 spiro atoms. The Balaban J connectivity index is 1.57. The van der Waals surface area contributed by atoms with Gasteiger partial charge in [0.2, 0.25) is 5.91 Å². The summed E-state index contributed by atoms with van der Waals surface area (Å²) < 4.78 is 1.04. The zero-order valence-electron chi connectivity index (χ0n) is 19.2. The summed E-state index contributed by atoms with van der Waals surface area (Å²) in [6, 6.07) is 14.3. The first-order chi connectivity index (χ1) is 15.8. The molecule has 1 aliphatic carbocycles. The minimum Gasteiger partial charge on any atom is -0.373 e. The lowest BCUT2D eigenvalue weighted by Gasteiger charge is -2.37. The number of carbonyl (C=O) groups is 1. The Bertz CT molecular complexity index is 1010. The number of rotatable bonds is 8. The van der Waals surface area contributed by atoms with Gasteiger partial charge in [-0.05, 0) is 79.5 Å². The van der Waals surface area contributed by atoms with Crippen LogP contribution in [0.5, 0.6) is 0 Å². The summed E-state index contributed by atoms with van der Waals surface area (Å²) in [5.41, 5.74) is 10.1. The number of nitrogens with one attached hydrogen (secondary N) is 1. The second kappa shape index (κ2) is 10.2. The molecule has 33 heavy (non-hydrogen) atoms. The van der Waals surface area contributed by atoms with E-state index >= 15 is 0 Å². The van der Waals surface area contributed by atoms with E-state index in [9.17, 15) is 4.79 Å². The van der Waals surface area contributed by atoms with Crippen LogP contribution in [0, 0.1) is 0 Å². The first-order valence-electron chi connectivity index (χ1n) is 11.9. The van der Waals surface area contributed by atoms with E-state index in [1.54, 1.807) is 0 Å². The molecule has 1 heterocycles. The summed E-state index contributed by atoms with van der Waals surface area (Å²) in [6.45, 7) is 8.32. The van der Waals surface area contributed by atoms with Crippen LogP contribution in [-0.4, -0.2) is 36.0 Å². The smallest absolute Gasteiger partial charge is 0.231 e. The van der Waals surface area contributed by atoms with Gasteiger partial charge in [-0.1, -0.05) is 59.2 Å². The van der Waals surface area contributed by atoms with E-state index in [1.807, 2.05) is 30.3 Å². The summed E-state index contributed by atoms with van der Waals surface area (Å²) in [5, 5.41) is 4.12. The van der Waals surface area contributed by atoms with Crippen LogP contribution in [0.4, 0.5) is 0 Å². The van der Waals surface area contributed by atoms with E-state index < -0.39 is 5.41 Å². The molecule has 1 amide bonds. The third-order valence-electron chi connectivity index (χ3n) is 7.15. The second-order valence-electron chi connectivity index (χ2n) is 9.41. The average molecular weight is 531 g/mol. The predicted octanol–water partition coefficient (Wildman–Crippen LogP) is 5.36. The van der Waals surface area contributed by atoms with E-state index in [2.05, 4.69) is 51.8 Å². The van der Waals surface area contributed by atoms with E-state index in [1.165, 1.54) is 5.56 Å². The predicted molar refractivity (Wildman–Crippen MR) is 139 cm³/mol. The van der Waals surface area contributed by atoms with Crippen LogP contribution in [0.25, 0.3) is 0 Å². The summed E-state index contributed by atoms with van der Waals surface area (Å²) in [6.07, 6.45) is 5.19. The maximum Gasteiger partial charge on any atom is 0.231 e. The van der Waals surface area contributed by atoms with E-state index in [0.29, 0.717) is 6.42 Å². The number of hydrogen-bond donors (Lipinski definition) is 2. The molecule has 4 rings (SSSR count). The quantitative estimate of drug-likeness (QED) is 0.483. The number of hydrogen-bond acceptors (Lipinski definition) is 3. The van der Waals surface area contributed by atoms with Gasteiger partial charge >= 0.3 is 0 Å². The average Bonchev–Trinajstić information content (AvgIpc) is 3.62. The highest BCUT2D eigenvalue weighted by molar-refractivity contribution is 9.10. The lowest BCUT2D eigenvalue weighted by atomic mass is 9.88.